The Morgan fingerprint density at radius 1 is 1.40 bits per heavy atom. The fraction of sp³-hybridized carbons (Fsp3) is 0.182. The molecule has 1 aromatic heterocycles. The maximum absolute atomic E-state index is 13.1. The highest BCUT2D eigenvalue weighted by Gasteiger charge is 2.10. The van der Waals surface area contributed by atoms with Gasteiger partial charge in [-0.1, -0.05) is 0 Å². The number of nitrogens with zero attached hydrogens (tertiary/aromatic N) is 1. The van der Waals surface area contributed by atoms with Crippen LogP contribution in [0.4, 0.5) is 4.39 Å². The molecule has 0 amide bonds. The second-order valence-corrected chi connectivity index (χ2v) is 3.27. The number of H-pyrrole nitrogens is 1. The molecule has 1 N–H and O–H groups in total. The average molecular weight is 206 g/mol. The predicted molar refractivity (Wildman–Crippen MR) is 55.3 cm³/mol. The third-order valence-electron chi connectivity index (χ3n) is 2.26. The molecule has 0 spiro atoms. The first-order chi connectivity index (χ1) is 7.22. The largest absolute Gasteiger partial charge is 0.496 e. The first-order valence-corrected chi connectivity index (χ1v) is 4.56. The summed E-state index contributed by atoms with van der Waals surface area (Å²) in [5.41, 5.74) is 2.43. The Balaban J connectivity index is 2.60. The number of methoxy groups -OCH3 is 1. The van der Waals surface area contributed by atoms with E-state index in [-0.39, 0.29) is 5.82 Å². The molecular formula is C11H11FN2O. The van der Waals surface area contributed by atoms with Gasteiger partial charge in [-0.25, -0.2) is 4.39 Å². The Labute approximate surface area is 86.9 Å². The lowest BCUT2D eigenvalue weighted by molar-refractivity contribution is 0.415. The lowest BCUT2D eigenvalue weighted by Gasteiger charge is -2.07. The zero-order chi connectivity index (χ0) is 10.8. The van der Waals surface area contributed by atoms with E-state index in [4.69, 9.17) is 4.74 Å². The molecule has 3 nitrogen and oxygen atoms in total. The smallest absolute Gasteiger partial charge is 0.128 e. The van der Waals surface area contributed by atoms with E-state index in [0.717, 1.165) is 11.3 Å². The molecule has 0 aliphatic rings. The Kier molecular flexibility index (Phi) is 2.41. The number of hydrogen-bond acceptors (Lipinski definition) is 2. The summed E-state index contributed by atoms with van der Waals surface area (Å²) in [6, 6.07) is 4.40. The summed E-state index contributed by atoms with van der Waals surface area (Å²) in [7, 11) is 1.56. The van der Waals surface area contributed by atoms with Gasteiger partial charge in [0, 0.05) is 5.56 Å². The number of rotatable bonds is 2. The van der Waals surface area contributed by atoms with Gasteiger partial charge in [0.1, 0.15) is 11.6 Å². The van der Waals surface area contributed by atoms with Gasteiger partial charge in [-0.15, -0.1) is 0 Å². The van der Waals surface area contributed by atoms with Gasteiger partial charge in [-0.3, -0.25) is 5.10 Å². The highest BCUT2D eigenvalue weighted by atomic mass is 19.1. The molecular weight excluding hydrogens is 195 g/mol. The van der Waals surface area contributed by atoms with E-state index in [9.17, 15) is 4.39 Å². The van der Waals surface area contributed by atoms with Crippen LogP contribution in [0, 0.1) is 12.7 Å². The molecule has 15 heavy (non-hydrogen) atoms. The van der Waals surface area contributed by atoms with Crippen molar-refractivity contribution in [2.75, 3.05) is 7.11 Å². The number of ether oxygens (including phenoxy) is 1. The molecule has 0 saturated heterocycles. The second kappa shape index (κ2) is 3.73. The van der Waals surface area contributed by atoms with Crippen molar-refractivity contribution < 1.29 is 9.13 Å². The minimum absolute atomic E-state index is 0.292. The molecule has 0 saturated carbocycles. The number of aromatic amines is 1. The van der Waals surface area contributed by atoms with Crippen LogP contribution in [0.25, 0.3) is 11.3 Å². The van der Waals surface area contributed by atoms with Gasteiger partial charge in [-0.2, -0.15) is 5.10 Å². The molecule has 2 aromatic rings. The summed E-state index contributed by atoms with van der Waals surface area (Å²) in [5.74, 6) is 0.337. The van der Waals surface area contributed by atoms with Crippen molar-refractivity contribution in [2.24, 2.45) is 0 Å². The Hall–Kier alpha value is -1.84. The van der Waals surface area contributed by atoms with Gasteiger partial charge in [0.2, 0.25) is 0 Å². The topological polar surface area (TPSA) is 37.9 Å². The van der Waals surface area contributed by atoms with Crippen molar-refractivity contribution in [3.05, 3.63) is 35.8 Å². The minimum Gasteiger partial charge on any atom is -0.496 e. The van der Waals surface area contributed by atoms with E-state index in [1.807, 2.05) is 6.92 Å². The van der Waals surface area contributed by atoms with Crippen molar-refractivity contribution in [1.29, 1.82) is 0 Å². The zero-order valence-electron chi connectivity index (χ0n) is 8.54. The van der Waals surface area contributed by atoms with Gasteiger partial charge < -0.3 is 4.74 Å². The number of aromatic nitrogens is 2. The monoisotopic (exact) mass is 206 g/mol. The van der Waals surface area contributed by atoms with E-state index in [1.165, 1.54) is 12.1 Å². The van der Waals surface area contributed by atoms with Gasteiger partial charge in [-0.05, 0) is 30.7 Å². The second-order valence-electron chi connectivity index (χ2n) is 3.27. The molecule has 1 aromatic carbocycles. The number of benzene rings is 1. The SMILES string of the molecule is COc1ccc(F)cc1-c1[nH]ncc1C. The Bertz CT molecular complexity index is 479. The molecule has 0 radical (unpaired) electrons. The van der Waals surface area contributed by atoms with E-state index in [1.54, 1.807) is 19.4 Å². The lowest BCUT2D eigenvalue weighted by Crippen LogP contribution is -1.90. The number of hydrogen-bond donors (Lipinski definition) is 1. The molecule has 1 heterocycles. The first kappa shape index (κ1) is 9.71. The van der Waals surface area contributed by atoms with E-state index >= 15 is 0 Å². The molecule has 0 unspecified atom stereocenters. The molecule has 0 atom stereocenters. The molecule has 78 valence electrons. The molecule has 4 heteroatoms. The summed E-state index contributed by atoms with van der Waals surface area (Å²) in [6.45, 7) is 1.91. The van der Waals surface area contributed by atoms with Crippen LogP contribution in [0.3, 0.4) is 0 Å². The van der Waals surface area contributed by atoms with Crippen LogP contribution in [0.2, 0.25) is 0 Å². The molecule has 0 aliphatic heterocycles. The summed E-state index contributed by atoms with van der Waals surface area (Å²) in [5, 5.41) is 6.73. The van der Waals surface area contributed by atoms with E-state index in [0.29, 0.717) is 11.3 Å². The Morgan fingerprint density at radius 3 is 2.80 bits per heavy atom. The predicted octanol–water partition coefficient (Wildman–Crippen LogP) is 2.53. The maximum Gasteiger partial charge on any atom is 0.128 e. The fourth-order valence-corrected chi connectivity index (χ4v) is 1.49. The number of aryl methyl sites for hydroxylation is 1. The standard InChI is InChI=1S/C11H11FN2O/c1-7-6-13-14-11(7)9-5-8(12)3-4-10(9)15-2/h3-6H,1-2H3,(H,13,14). The van der Waals surface area contributed by atoms with Crippen LogP contribution < -0.4 is 4.74 Å². The normalized spacial score (nSPS) is 10.3. The highest BCUT2D eigenvalue weighted by Crippen LogP contribution is 2.30. The molecule has 2 rings (SSSR count). The van der Waals surface area contributed by atoms with Crippen LogP contribution in [-0.4, -0.2) is 17.3 Å². The van der Waals surface area contributed by atoms with E-state index in [2.05, 4.69) is 10.2 Å². The molecule has 0 fully saturated rings. The van der Waals surface area contributed by atoms with Crippen molar-refractivity contribution >= 4 is 0 Å². The van der Waals surface area contributed by atoms with Gasteiger partial charge in [0.05, 0.1) is 19.0 Å². The third-order valence-corrected chi connectivity index (χ3v) is 2.26. The van der Waals surface area contributed by atoms with Crippen LogP contribution >= 0.6 is 0 Å². The van der Waals surface area contributed by atoms with Crippen molar-refractivity contribution in [3.63, 3.8) is 0 Å². The van der Waals surface area contributed by atoms with Crippen LogP contribution in [0.1, 0.15) is 5.56 Å². The van der Waals surface area contributed by atoms with Crippen LogP contribution in [-0.2, 0) is 0 Å². The van der Waals surface area contributed by atoms with Gasteiger partial charge >= 0.3 is 0 Å². The lowest BCUT2D eigenvalue weighted by atomic mass is 10.1. The Morgan fingerprint density at radius 2 is 2.20 bits per heavy atom. The van der Waals surface area contributed by atoms with Gasteiger partial charge in [0.15, 0.2) is 0 Å². The first-order valence-electron chi connectivity index (χ1n) is 4.56. The maximum atomic E-state index is 13.1. The zero-order valence-corrected chi connectivity index (χ0v) is 8.54. The van der Waals surface area contributed by atoms with Crippen LogP contribution in [0.15, 0.2) is 24.4 Å². The minimum atomic E-state index is -0.292. The number of halogens is 1. The highest BCUT2D eigenvalue weighted by molar-refractivity contribution is 5.69. The van der Waals surface area contributed by atoms with Gasteiger partial charge in [0.25, 0.3) is 0 Å². The summed E-state index contributed by atoms with van der Waals surface area (Å²) < 4.78 is 18.3. The average Bonchev–Trinajstić information content (AvgIpc) is 2.64. The summed E-state index contributed by atoms with van der Waals surface area (Å²) >= 11 is 0. The van der Waals surface area contributed by atoms with Crippen LogP contribution in [0.5, 0.6) is 5.75 Å². The van der Waals surface area contributed by atoms with Crippen molar-refractivity contribution in [2.45, 2.75) is 6.92 Å². The summed E-state index contributed by atoms with van der Waals surface area (Å²) in [4.78, 5) is 0. The fourth-order valence-electron chi connectivity index (χ4n) is 1.49. The quantitative estimate of drug-likeness (QED) is 0.819. The number of nitrogens with one attached hydrogen (secondary N) is 1. The van der Waals surface area contributed by atoms with E-state index < -0.39 is 0 Å². The summed E-state index contributed by atoms with van der Waals surface area (Å²) in [6.07, 6.45) is 1.69. The van der Waals surface area contributed by atoms with Crippen molar-refractivity contribution in [1.82, 2.24) is 10.2 Å². The molecule has 0 aliphatic carbocycles. The van der Waals surface area contributed by atoms with Crippen molar-refractivity contribution in [3.8, 4) is 17.0 Å². The molecule has 0 bridgehead atoms. The third kappa shape index (κ3) is 1.70.